The quantitative estimate of drug-likeness (QED) is 0.579. The first kappa shape index (κ1) is 20.5. The zero-order valence-electron chi connectivity index (χ0n) is 17.8. The molecule has 0 aromatic heterocycles. The molecule has 2 aliphatic heterocycles. The van der Waals surface area contributed by atoms with Crippen molar-refractivity contribution in [1.82, 2.24) is 0 Å². The second-order valence-electron chi connectivity index (χ2n) is 7.85. The molecule has 0 radical (unpaired) electrons. The van der Waals surface area contributed by atoms with E-state index in [4.69, 9.17) is 9.47 Å². The highest BCUT2D eigenvalue weighted by atomic mass is 31.1. The van der Waals surface area contributed by atoms with Crippen molar-refractivity contribution in [3.63, 3.8) is 0 Å². The third-order valence-electron chi connectivity index (χ3n) is 5.96. The molecular weight excluding hydrogens is 403 g/mol. The van der Waals surface area contributed by atoms with E-state index in [1.807, 2.05) is 0 Å². The van der Waals surface area contributed by atoms with Crippen molar-refractivity contribution in [2.75, 3.05) is 62.4 Å². The van der Waals surface area contributed by atoms with Gasteiger partial charge in [-0.15, -0.1) is 0 Å². The van der Waals surface area contributed by atoms with Crippen LogP contribution in [-0.2, 0) is 9.47 Å². The summed E-state index contributed by atoms with van der Waals surface area (Å²) in [6.45, 7) is 6.95. The van der Waals surface area contributed by atoms with Gasteiger partial charge in [0.1, 0.15) is 0 Å². The normalized spacial score (nSPS) is 17.2. The predicted octanol–water partition coefficient (Wildman–Crippen LogP) is 3.12. The van der Waals surface area contributed by atoms with Crippen molar-refractivity contribution >= 4 is 35.2 Å². The van der Waals surface area contributed by atoms with Gasteiger partial charge in [-0.2, -0.15) is 0 Å². The summed E-state index contributed by atoms with van der Waals surface area (Å²) < 4.78 is 11.3. The highest BCUT2D eigenvalue weighted by Gasteiger charge is 2.26. The Morgan fingerprint density at radius 2 is 0.935 bits per heavy atom. The molecule has 5 heteroatoms. The minimum absolute atomic E-state index is 0.702. The third kappa shape index (κ3) is 4.48. The topological polar surface area (TPSA) is 24.9 Å². The van der Waals surface area contributed by atoms with Gasteiger partial charge in [0.2, 0.25) is 0 Å². The lowest BCUT2D eigenvalue weighted by Crippen LogP contribution is -2.41. The van der Waals surface area contributed by atoms with Gasteiger partial charge < -0.3 is 19.3 Å². The summed E-state index contributed by atoms with van der Waals surface area (Å²) in [7, 11) is -0.702. The first-order valence-electron chi connectivity index (χ1n) is 11.1. The van der Waals surface area contributed by atoms with Gasteiger partial charge in [0.05, 0.1) is 26.4 Å². The predicted molar refractivity (Wildman–Crippen MR) is 131 cm³/mol. The summed E-state index contributed by atoms with van der Waals surface area (Å²) in [5, 5.41) is 4.23. The first-order valence-corrected chi connectivity index (χ1v) is 12.4. The summed E-state index contributed by atoms with van der Waals surface area (Å²) in [6, 6.07) is 29.0. The van der Waals surface area contributed by atoms with Crippen LogP contribution in [0.15, 0.2) is 78.9 Å². The maximum atomic E-state index is 5.63. The van der Waals surface area contributed by atoms with Crippen LogP contribution < -0.4 is 25.7 Å². The average Bonchev–Trinajstić information content (AvgIpc) is 2.87. The summed E-state index contributed by atoms with van der Waals surface area (Å²) in [4.78, 5) is 4.99. The number of para-hydroxylation sites is 2. The van der Waals surface area contributed by atoms with Gasteiger partial charge in [-0.3, -0.25) is 0 Å². The van der Waals surface area contributed by atoms with Crippen LogP contribution in [0.1, 0.15) is 0 Å². The molecule has 160 valence electrons. The van der Waals surface area contributed by atoms with Crippen LogP contribution in [0.2, 0.25) is 0 Å². The van der Waals surface area contributed by atoms with Crippen molar-refractivity contribution in [3.05, 3.63) is 78.9 Å². The lowest BCUT2D eigenvalue weighted by Gasteiger charge is -2.35. The Kier molecular flexibility index (Phi) is 6.50. The molecule has 0 bridgehead atoms. The minimum Gasteiger partial charge on any atom is -0.378 e. The molecule has 3 aromatic carbocycles. The lowest BCUT2D eigenvalue weighted by molar-refractivity contribution is 0.122. The monoisotopic (exact) mass is 432 g/mol. The second-order valence-corrected chi connectivity index (χ2v) is 10.00. The molecular formula is C26H29N2O2P. The van der Waals surface area contributed by atoms with Crippen LogP contribution in [0.25, 0.3) is 0 Å². The van der Waals surface area contributed by atoms with E-state index in [9.17, 15) is 0 Å². The minimum atomic E-state index is -0.702. The summed E-state index contributed by atoms with van der Waals surface area (Å²) in [6.07, 6.45) is 0. The maximum absolute atomic E-state index is 5.63. The van der Waals surface area contributed by atoms with Crippen LogP contribution in [0.4, 0.5) is 11.4 Å². The van der Waals surface area contributed by atoms with E-state index >= 15 is 0 Å². The van der Waals surface area contributed by atoms with Crippen LogP contribution in [0.5, 0.6) is 0 Å². The van der Waals surface area contributed by atoms with Crippen LogP contribution >= 0.6 is 7.92 Å². The molecule has 4 nitrogen and oxygen atoms in total. The number of ether oxygens (including phenoxy) is 2. The maximum Gasteiger partial charge on any atom is 0.0642 e. The van der Waals surface area contributed by atoms with Crippen molar-refractivity contribution in [3.8, 4) is 0 Å². The molecule has 0 spiro atoms. The van der Waals surface area contributed by atoms with E-state index in [0.29, 0.717) is 0 Å². The second kappa shape index (κ2) is 9.82. The molecule has 0 aliphatic carbocycles. The van der Waals surface area contributed by atoms with E-state index in [1.54, 1.807) is 0 Å². The highest BCUT2D eigenvalue weighted by Crippen LogP contribution is 2.40. The SMILES string of the molecule is c1ccc(P(c2ccccc2N2CCOCC2)c2ccccc2N2CCOCC2)cc1. The van der Waals surface area contributed by atoms with Crippen molar-refractivity contribution in [1.29, 1.82) is 0 Å². The summed E-state index contributed by atoms with van der Waals surface area (Å²) >= 11 is 0. The fourth-order valence-corrected chi connectivity index (χ4v) is 7.08. The van der Waals surface area contributed by atoms with Crippen LogP contribution in [0, 0.1) is 0 Å². The first-order chi connectivity index (χ1) is 15.4. The number of benzene rings is 3. The Labute approximate surface area is 186 Å². The van der Waals surface area contributed by atoms with Crippen molar-refractivity contribution in [2.45, 2.75) is 0 Å². The summed E-state index contributed by atoms with van der Waals surface area (Å²) in [5.74, 6) is 0. The number of nitrogens with zero attached hydrogens (tertiary/aromatic N) is 2. The number of hydrogen-bond acceptors (Lipinski definition) is 4. The Morgan fingerprint density at radius 1 is 0.516 bits per heavy atom. The van der Waals surface area contributed by atoms with Crippen molar-refractivity contribution in [2.24, 2.45) is 0 Å². The Bertz CT molecular complexity index is 924. The number of hydrogen-bond donors (Lipinski definition) is 0. The van der Waals surface area contributed by atoms with Gasteiger partial charge in [-0.1, -0.05) is 66.7 Å². The van der Waals surface area contributed by atoms with Gasteiger partial charge >= 0.3 is 0 Å². The summed E-state index contributed by atoms with van der Waals surface area (Å²) in [5.41, 5.74) is 2.69. The molecule has 0 amide bonds. The molecule has 5 rings (SSSR count). The molecule has 0 N–H and O–H groups in total. The van der Waals surface area contributed by atoms with Crippen molar-refractivity contribution < 1.29 is 9.47 Å². The van der Waals surface area contributed by atoms with E-state index < -0.39 is 7.92 Å². The molecule has 0 unspecified atom stereocenters. The largest absolute Gasteiger partial charge is 0.378 e. The number of rotatable bonds is 5. The van der Waals surface area contributed by atoms with Gasteiger partial charge in [-0.25, -0.2) is 0 Å². The molecule has 2 heterocycles. The lowest BCUT2D eigenvalue weighted by atomic mass is 10.2. The fourth-order valence-electron chi connectivity index (χ4n) is 4.43. The van der Waals surface area contributed by atoms with E-state index in [2.05, 4.69) is 88.7 Å². The molecule has 2 saturated heterocycles. The van der Waals surface area contributed by atoms with Crippen LogP contribution in [-0.4, -0.2) is 52.6 Å². The number of anilines is 2. The number of morpholine rings is 2. The third-order valence-corrected chi connectivity index (χ3v) is 8.50. The van der Waals surface area contributed by atoms with Gasteiger partial charge in [0, 0.05) is 48.2 Å². The highest BCUT2D eigenvalue weighted by molar-refractivity contribution is 7.80. The van der Waals surface area contributed by atoms with Crippen LogP contribution in [0.3, 0.4) is 0 Å². The molecule has 2 fully saturated rings. The smallest absolute Gasteiger partial charge is 0.0642 e. The molecule has 2 aliphatic rings. The zero-order valence-corrected chi connectivity index (χ0v) is 18.7. The average molecular weight is 433 g/mol. The van der Waals surface area contributed by atoms with E-state index in [1.165, 1.54) is 27.3 Å². The molecule has 0 saturated carbocycles. The molecule has 3 aromatic rings. The Hall–Kier alpha value is -2.39. The van der Waals surface area contributed by atoms with Gasteiger partial charge in [0.15, 0.2) is 0 Å². The molecule has 0 atom stereocenters. The Morgan fingerprint density at radius 3 is 1.42 bits per heavy atom. The van der Waals surface area contributed by atoms with Gasteiger partial charge in [-0.05, 0) is 25.4 Å². The van der Waals surface area contributed by atoms with E-state index in [0.717, 1.165) is 52.6 Å². The fraction of sp³-hybridized carbons (Fsp3) is 0.308. The van der Waals surface area contributed by atoms with Gasteiger partial charge in [0.25, 0.3) is 0 Å². The standard InChI is InChI=1S/C26H29N2O2P/c1-2-8-22(9-3-1)31(25-12-6-4-10-23(25)27-14-18-29-19-15-27)26-13-7-5-11-24(26)28-16-20-30-21-17-28/h1-13H,14-21H2. The zero-order chi connectivity index (χ0) is 20.9. The molecule has 31 heavy (non-hydrogen) atoms. The van der Waals surface area contributed by atoms with E-state index in [-0.39, 0.29) is 0 Å². The Balaban J connectivity index is 1.64.